The molecule has 0 atom stereocenters. The molecule has 0 radical (unpaired) electrons. The van der Waals surface area contributed by atoms with E-state index in [2.05, 4.69) is 15.0 Å². The summed E-state index contributed by atoms with van der Waals surface area (Å²) in [6, 6.07) is 2.96. The van der Waals surface area contributed by atoms with Crippen molar-refractivity contribution < 1.29 is 0 Å². The maximum Gasteiger partial charge on any atom is 0.197 e. The predicted molar refractivity (Wildman–Crippen MR) is 73.6 cm³/mol. The molecule has 6 nitrogen and oxygen atoms in total. The summed E-state index contributed by atoms with van der Waals surface area (Å²) in [6.45, 7) is 0. The van der Waals surface area contributed by atoms with Crippen LogP contribution >= 0.6 is 35.0 Å². The standard InChI is InChI=1S/C9H8Cl2N6S/c10-3-1-4(11)8(17-7(3)14)18-9-15-5(12)2-6(13)16-9/h1-2H,(H2,14,17)(H4,12,13,15,16). The van der Waals surface area contributed by atoms with Gasteiger partial charge in [0.1, 0.15) is 22.5 Å². The normalized spacial score (nSPS) is 10.6. The fraction of sp³-hybridized carbons (Fsp3) is 0. The molecular formula is C9H8Cl2N6S. The molecule has 94 valence electrons. The molecule has 0 bridgehead atoms. The first-order valence-corrected chi connectivity index (χ1v) is 6.22. The van der Waals surface area contributed by atoms with Gasteiger partial charge in [0.15, 0.2) is 5.16 Å². The zero-order chi connectivity index (χ0) is 13.3. The Morgan fingerprint density at radius 1 is 0.889 bits per heavy atom. The van der Waals surface area contributed by atoms with Crippen molar-refractivity contribution >= 4 is 52.4 Å². The van der Waals surface area contributed by atoms with Gasteiger partial charge >= 0.3 is 0 Å². The summed E-state index contributed by atoms with van der Waals surface area (Å²) in [5, 5.41) is 1.41. The van der Waals surface area contributed by atoms with Gasteiger partial charge in [-0.1, -0.05) is 23.2 Å². The van der Waals surface area contributed by atoms with Gasteiger partial charge in [0.25, 0.3) is 0 Å². The zero-order valence-electron chi connectivity index (χ0n) is 8.89. The number of aromatic nitrogens is 3. The number of hydrogen-bond donors (Lipinski definition) is 3. The van der Waals surface area contributed by atoms with Crippen molar-refractivity contribution in [3.63, 3.8) is 0 Å². The monoisotopic (exact) mass is 302 g/mol. The van der Waals surface area contributed by atoms with Gasteiger partial charge in [-0.2, -0.15) is 0 Å². The van der Waals surface area contributed by atoms with Crippen LogP contribution in [0.2, 0.25) is 10.0 Å². The van der Waals surface area contributed by atoms with E-state index in [4.69, 9.17) is 40.4 Å². The van der Waals surface area contributed by atoms with E-state index in [0.29, 0.717) is 15.2 Å². The molecule has 18 heavy (non-hydrogen) atoms. The summed E-state index contributed by atoms with van der Waals surface area (Å²) in [5.41, 5.74) is 16.7. The van der Waals surface area contributed by atoms with Gasteiger partial charge in [-0.15, -0.1) is 0 Å². The Morgan fingerprint density at radius 3 is 2.11 bits per heavy atom. The molecule has 0 unspecified atom stereocenters. The second-order valence-corrected chi connectivity index (χ2v) is 5.02. The van der Waals surface area contributed by atoms with Gasteiger partial charge in [0, 0.05) is 6.07 Å². The van der Waals surface area contributed by atoms with E-state index in [1.165, 1.54) is 12.1 Å². The predicted octanol–water partition coefficient (Wildman–Crippen LogP) is 2.08. The zero-order valence-corrected chi connectivity index (χ0v) is 11.2. The third-order valence-electron chi connectivity index (χ3n) is 1.86. The molecule has 0 spiro atoms. The topological polar surface area (TPSA) is 117 Å². The lowest BCUT2D eigenvalue weighted by Gasteiger charge is -2.05. The molecule has 0 saturated carbocycles. The van der Waals surface area contributed by atoms with Gasteiger partial charge in [0.05, 0.1) is 10.0 Å². The van der Waals surface area contributed by atoms with Crippen molar-refractivity contribution in [1.29, 1.82) is 0 Å². The van der Waals surface area contributed by atoms with Gasteiger partial charge in [0.2, 0.25) is 0 Å². The molecule has 9 heteroatoms. The number of halogens is 2. The van der Waals surface area contributed by atoms with E-state index in [1.54, 1.807) is 0 Å². The maximum atomic E-state index is 5.99. The van der Waals surface area contributed by atoms with Crippen LogP contribution in [-0.2, 0) is 0 Å². The summed E-state index contributed by atoms with van der Waals surface area (Å²) in [7, 11) is 0. The molecule has 0 saturated heterocycles. The largest absolute Gasteiger partial charge is 0.383 e. The molecule has 0 fully saturated rings. The fourth-order valence-corrected chi connectivity index (χ4v) is 2.38. The average molecular weight is 303 g/mol. The third kappa shape index (κ3) is 2.87. The van der Waals surface area contributed by atoms with Crippen LogP contribution in [-0.4, -0.2) is 15.0 Å². The molecule has 2 heterocycles. The van der Waals surface area contributed by atoms with E-state index in [1.807, 2.05) is 0 Å². The molecule has 0 aliphatic rings. The highest BCUT2D eigenvalue weighted by molar-refractivity contribution is 7.99. The van der Waals surface area contributed by atoms with Crippen molar-refractivity contribution in [2.24, 2.45) is 0 Å². The Hall–Kier alpha value is -1.44. The average Bonchev–Trinajstić information content (AvgIpc) is 2.24. The Kier molecular flexibility index (Phi) is 3.65. The summed E-state index contributed by atoms with van der Waals surface area (Å²) in [4.78, 5) is 12.0. The van der Waals surface area contributed by atoms with Crippen molar-refractivity contribution in [2.45, 2.75) is 10.2 Å². The van der Waals surface area contributed by atoms with E-state index in [9.17, 15) is 0 Å². The molecule has 0 aliphatic heterocycles. The van der Waals surface area contributed by atoms with E-state index in [-0.39, 0.29) is 22.5 Å². The number of rotatable bonds is 2. The lowest BCUT2D eigenvalue weighted by atomic mass is 10.5. The van der Waals surface area contributed by atoms with E-state index in [0.717, 1.165) is 11.8 Å². The second-order valence-electron chi connectivity index (χ2n) is 3.24. The minimum absolute atomic E-state index is 0.181. The van der Waals surface area contributed by atoms with Crippen LogP contribution in [0.4, 0.5) is 17.5 Å². The fourth-order valence-electron chi connectivity index (χ4n) is 1.13. The smallest absolute Gasteiger partial charge is 0.197 e. The molecule has 2 aromatic heterocycles. The third-order valence-corrected chi connectivity index (χ3v) is 3.43. The summed E-state index contributed by atoms with van der Waals surface area (Å²) in [6.07, 6.45) is 0. The quantitative estimate of drug-likeness (QED) is 0.727. The summed E-state index contributed by atoms with van der Waals surface area (Å²) in [5.74, 6) is 0.714. The van der Waals surface area contributed by atoms with Gasteiger partial charge < -0.3 is 17.2 Å². The molecular weight excluding hydrogens is 295 g/mol. The minimum atomic E-state index is 0.181. The van der Waals surface area contributed by atoms with Crippen molar-refractivity contribution in [3.8, 4) is 0 Å². The SMILES string of the molecule is Nc1cc(N)nc(Sc2nc(N)c(Cl)cc2Cl)n1. The number of pyridine rings is 1. The summed E-state index contributed by atoms with van der Waals surface area (Å²) >= 11 is 12.9. The maximum absolute atomic E-state index is 5.99. The van der Waals surface area contributed by atoms with Crippen LogP contribution in [0, 0.1) is 0 Å². The number of nitrogens with zero attached hydrogens (tertiary/aromatic N) is 3. The molecule has 0 aliphatic carbocycles. The lowest BCUT2D eigenvalue weighted by Crippen LogP contribution is -2.00. The van der Waals surface area contributed by atoms with Crippen molar-refractivity contribution in [3.05, 3.63) is 22.2 Å². The highest BCUT2D eigenvalue weighted by Gasteiger charge is 2.11. The van der Waals surface area contributed by atoms with Crippen LogP contribution in [0.25, 0.3) is 0 Å². The first-order valence-electron chi connectivity index (χ1n) is 4.65. The number of nitrogens with two attached hydrogens (primary N) is 3. The molecule has 2 aromatic rings. The molecule has 2 rings (SSSR count). The van der Waals surface area contributed by atoms with E-state index >= 15 is 0 Å². The molecule has 6 N–H and O–H groups in total. The summed E-state index contributed by atoms with van der Waals surface area (Å²) < 4.78 is 0. The van der Waals surface area contributed by atoms with Crippen molar-refractivity contribution in [2.75, 3.05) is 17.2 Å². The Balaban J connectivity index is 2.36. The Morgan fingerprint density at radius 2 is 1.50 bits per heavy atom. The highest BCUT2D eigenvalue weighted by Crippen LogP contribution is 2.33. The van der Waals surface area contributed by atoms with Crippen molar-refractivity contribution in [1.82, 2.24) is 15.0 Å². The van der Waals surface area contributed by atoms with Gasteiger partial charge in [-0.05, 0) is 17.8 Å². The van der Waals surface area contributed by atoms with Crippen LogP contribution in [0.5, 0.6) is 0 Å². The lowest BCUT2D eigenvalue weighted by molar-refractivity contribution is 0.978. The Bertz CT molecular complexity index is 586. The van der Waals surface area contributed by atoms with Crippen LogP contribution in [0.15, 0.2) is 22.3 Å². The Labute approximate surface area is 117 Å². The number of hydrogen-bond acceptors (Lipinski definition) is 7. The molecule has 0 amide bonds. The number of nitrogen functional groups attached to an aromatic ring is 3. The first-order chi connectivity index (χ1) is 8.45. The van der Waals surface area contributed by atoms with Crippen LogP contribution in [0.1, 0.15) is 0 Å². The number of anilines is 3. The molecule has 0 aromatic carbocycles. The van der Waals surface area contributed by atoms with Gasteiger partial charge in [-0.3, -0.25) is 0 Å². The minimum Gasteiger partial charge on any atom is -0.383 e. The highest BCUT2D eigenvalue weighted by atomic mass is 35.5. The van der Waals surface area contributed by atoms with Crippen LogP contribution in [0.3, 0.4) is 0 Å². The first kappa shape index (κ1) is 13.0. The van der Waals surface area contributed by atoms with E-state index < -0.39 is 0 Å². The second kappa shape index (κ2) is 5.05. The van der Waals surface area contributed by atoms with Gasteiger partial charge in [-0.25, -0.2) is 15.0 Å². The van der Waals surface area contributed by atoms with Crippen LogP contribution < -0.4 is 17.2 Å².